The Morgan fingerprint density at radius 1 is 1.27 bits per heavy atom. The molecule has 0 aromatic carbocycles. The third kappa shape index (κ3) is 6.32. The van der Waals surface area contributed by atoms with E-state index in [4.69, 9.17) is 5.11 Å². The zero-order chi connectivity index (χ0) is 8.53. The Kier molecular flexibility index (Phi) is 7.96. The van der Waals surface area contributed by atoms with Crippen LogP contribution in [-0.4, -0.2) is 24.3 Å². The number of hydrogen-bond donors (Lipinski definition) is 2. The number of aliphatic hydroxyl groups excluding tert-OH is 1. The van der Waals surface area contributed by atoms with Gasteiger partial charge in [0, 0.05) is 6.04 Å². The number of rotatable bonds is 7. The molecule has 0 bridgehead atoms. The molecule has 2 heteroatoms. The van der Waals surface area contributed by atoms with Crippen LogP contribution in [0.25, 0.3) is 0 Å². The van der Waals surface area contributed by atoms with Crippen LogP contribution in [0.4, 0.5) is 0 Å². The molecule has 0 spiro atoms. The van der Waals surface area contributed by atoms with E-state index in [9.17, 15) is 0 Å². The molecule has 0 aromatic heterocycles. The first-order valence-corrected chi connectivity index (χ1v) is 4.69. The van der Waals surface area contributed by atoms with Gasteiger partial charge in [0.15, 0.2) is 0 Å². The summed E-state index contributed by atoms with van der Waals surface area (Å²) in [6, 6.07) is 0.312. The van der Waals surface area contributed by atoms with Crippen molar-refractivity contribution in [3.63, 3.8) is 0 Å². The van der Waals surface area contributed by atoms with Gasteiger partial charge < -0.3 is 10.4 Å². The lowest BCUT2D eigenvalue weighted by molar-refractivity contribution is 0.239. The van der Waals surface area contributed by atoms with Gasteiger partial charge in [0.2, 0.25) is 0 Å². The Bertz CT molecular complexity index is 72.0. The highest BCUT2D eigenvalue weighted by atomic mass is 16.3. The van der Waals surface area contributed by atoms with Crippen molar-refractivity contribution in [3.8, 4) is 0 Å². The molecule has 2 nitrogen and oxygen atoms in total. The zero-order valence-corrected chi connectivity index (χ0v) is 7.77. The molecule has 11 heavy (non-hydrogen) atoms. The van der Waals surface area contributed by atoms with Crippen LogP contribution in [-0.2, 0) is 0 Å². The van der Waals surface area contributed by atoms with Gasteiger partial charge in [-0.1, -0.05) is 26.7 Å². The molecule has 2 N–H and O–H groups in total. The zero-order valence-electron chi connectivity index (χ0n) is 7.77. The Morgan fingerprint density at radius 2 is 2.00 bits per heavy atom. The highest BCUT2D eigenvalue weighted by Gasteiger charge is 2.00. The van der Waals surface area contributed by atoms with E-state index >= 15 is 0 Å². The third-order valence-electron chi connectivity index (χ3n) is 1.93. The summed E-state index contributed by atoms with van der Waals surface area (Å²) in [4.78, 5) is 0. The SMILES string of the molecule is CCCCCN[C@@H](CC)CO. The summed E-state index contributed by atoms with van der Waals surface area (Å²) in [6.45, 7) is 5.60. The van der Waals surface area contributed by atoms with E-state index in [0.29, 0.717) is 6.04 Å². The summed E-state index contributed by atoms with van der Waals surface area (Å²) in [7, 11) is 0. The lowest BCUT2D eigenvalue weighted by atomic mass is 10.2. The fraction of sp³-hybridized carbons (Fsp3) is 1.00. The summed E-state index contributed by atoms with van der Waals surface area (Å²) in [5, 5.41) is 12.1. The molecule has 0 rings (SSSR count). The topological polar surface area (TPSA) is 32.3 Å². The van der Waals surface area contributed by atoms with E-state index in [2.05, 4.69) is 19.2 Å². The molecular weight excluding hydrogens is 138 g/mol. The van der Waals surface area contributed by atoms with Crippen molar-refractivity contribution in [1.29, 1.82) is 0 Å². The summed E-state index contributed by atoms with van der Waals surface area (Å²) in [5.74, 6) is 0. The first-order valence-electron chi connectivity index (χ1n) is 4.69. The van der Waals surface area contributed by atoms with Crippen molar-refractivity contribution < 1.29 is 5.11 Å². The molecule has 0 fully saturated rings. The summed E-state index contributed by atoms with van der Waals surface area (Å²) in [5.41, 5.74) is 0. The Hall–Kier alpha value is -0.0800. The van der Waals surface area contributed by atoms with Gasteiger partial charge in [-0.25, -0.2) is 0 Å². The second-order valence-corrected chi connectivity index (χ2v) is 2.95. The first kappa shape index (κ1) is 10.9. The molecule has 0 aliphatic heterocycles. The smallest absolute Gasteiger partial charge is 0.0584 e. The van der Waals surface area contributed by atoms with E-state index in [1.807, 2.05) is 0 Å². The predicted molar refractivity (Wildman–Crippen MR) is 48.7 cm³/mol. The number of hydrogen-bond acceptors (Lipinski definition) is 2. The fourth-order valence-electron chi connectivity index (χ4n) is 1.02. The monoisotopic (exact) mass is 159 g/mol. The Morgan fingerprint density at radius 3 is 2.45 bits per heavy atom. The van der Waals surface area contributed by atoms with Crippen LogP contribution < -0.4 is 5.32 Å². The standard InChI is InChI=1S/C9H21NO/c1-3-5-6-7-10-9(4-2)8-11/h9-11H,3-8H2,1-2H3/t9-/m0/s1. The minimum Gasteiger partial charge on any atom is -0.395 e. The van der Waals surface area contributed by atoms with Gasteiger partial charge in [0.05, 0.1) is 6.61 Å². The molecule has 0 aliphatic carbocycles. The number of nitrogens with one attached hydrogen (secondary N) is 1. The van der Waals surface area contributed by atoms with Crippen LogP contribution in [0.5, 0.6) is 0 Å². The van der Waals surface area contributed by atoms with Gasteiger partial charge in [-0.05, 0) is 19.4 Å². The normalized spacial score (nSPS) is 13.4. The molecule has 1 atom stereocenters. The summed E-state index contributed by atoms with van der Waals surface area (Å²) >= 11 is 0. The fourth-order valence-corrected chi connectivity index (χ4v) is 1.02. The maximum atomic E-state index is 8.82. The minimum atomic E-state index is 0.266. The van der Waals surface area contributed by atoms with Gasteiger partial charge in [0.1, 0.15) is 0 Å². The van der Waals surface area contributed by atoms with Crippen molar-refractivity contribution in [3.05, 3.63) is 0 Å². The third-order valence-corrected chi connectivity index (χ3v) is 1.93. The molecule has 0 radical (unpaired) electrons. The Balaban J connectivity index is 3.07. The van der Waals surface area contributed by atoms with Crippen LogP contribution in [0.1, 0.15) is 39.5 Å². The van der Waals surface area contributed by atoms with Gasteiger partial charge in [-0.2, -0.15) is 0 Å². The van der Waals surface area contributed by atoms with Gasteiger partial charge >= 0.3 is 0 Å². The van der Waals surface area contributed by atoms with Crippen molar-refractivity contribution in [1.82, 2.24) is 5.32 Å². The van der Waals surface area contributed by atoms with Crippen LogP contribution in [0.15, 0.2) is 0 Å². The maximum absolute atomic E-state index is 8.82. The highest BCUT2D eigenvalue weighted by Crippen LogP contribution is 1.94. The van der Waals surface area contributed by atoms with Crippen LogP contribution >= 0.6 is 0 Å². The van der Waals surface area contributed by atoms with Gasteiger partial charge in [-0.3, -0.25) is 0 Å². The Labute approximate surface area is 70.0 Å². The molecule has 68 valence electrons. The lowest BCUT2D eigenvalue weighted by Gasteiger charge is -2.12. The quantitative estimate of drug-likeness (QED) is 0.552. The largest absolute Gasteiger partial charge is 0.395 e. The molecule has 0 saturated heterocycles. The molecular formula is C9H21NO. The van der Waals surface area contributed by atoms with E-state index in [1.54, 1.807) is 0 Å². The van der Waals surface area contributed by atoms with Crippen molar-refractivity contribution in [2.75, 3.05) is 13.2 Å². The van der Waals surface area contributed by atoms with E-state index in [0.717, 1.165) is 13.0 Å². The number of aliphatic hydroxyl groups is 1. The van der Waals surface area contributed by atoms with Crippen molar-refractivity contribution in [2.45, 2.75) is 45.6 Å². The van der Waals surface area contributed by atoms with Crippen LogP contribution in [0, 0.1) is 0 Å². The second kappa shape index (κ2) is 8.02. The molecule has 0 amide bonds. The van der Waals surface area contributed by atoms with Crippen molar-refractivity contribution in [2.24, 2.45) is 0 Å². The van der Waals surface area contributed by atoms with E-state index in [1.165, 1.54) is 19.3 Å². The number of unbranched alkanes of at least 4 members (excludes halogenated alkanes) is 2. The maximum Gasteiger partial charge on any atom is 0.0584 e. The first-order chi connectivity index (χ1) is 5.35. The minimum absolute atomic E-state index is 0.266. The highest BCUT2D eigenvalue weighted by molar-refractivity contribution is 4.61. The van der Waals surface area contributed by atoms with Crippen molar-refractivity contribution >= 4 is 0 Å². The molecule has 0 aliphatic rings. The lowest BCUT2D eigenvalue weighted by Crippen LogP contribution is -2.32. The predicted octanol–water partition coefficient (Wildman–Crippen LogP) is 1.54. The van der Waals surface area contributed by atoms with Crippen LogP contribution in [0.2, 0.25) is 0 Å². The molecule has 0 heterocycles. The second-order valence-electron chi connectivity index (χ2n) is 2.95. The summed E-state index contributed by atoms with van der Waals surface area (Å²) < 4.78 is 0. The average molecular weight is 159 g/mol. The molecule has 0 unspecified atom stereocenters. The average Bonchev–Trinajstić information content (AvgIpc) is 2.05. The van der Waals surface area contributed by atoms with Gasteiger partial charge in [-0.15, -0.1) is 0 Å². The molecule has 0 saturated carbocycles. The van der Waals surface area contributed by atoms with E-state index in [-0.39, 0.29) is 6.61 Å². The van der Waals surface area contributed by atoms with Crippen LogP contribution in [0.3, 0.4) is 0 Å². The molecule has 0 aromatic rings. The van der Waals surface area contributed by atoms with Gasteiger partial charge in [0.25, 0.3) is 0 Å². The van der Waals surface area contributed by atoms with E-state index < -0.39 is 0 Å². The summed E-state index contributed by atoms with van der Waals surface area (Å²) in [6.07, 6.45) is 4.79.